The van der Waals surface area contributed by atoms with Crippen molar-refractivity contribution in [3.8, 4) is 22.6 Å². The summed E-state index contributed by atoms with van der Waals surface area (Å²) in [6.07, 6.45) is 5.73. The third kappa shape index (κ3) is 3.78. The van der Waals surface area contributed by atoms with Crippen LogP contribution in [0.25, 0.3) is 22.6 Å². The summed E-state index contributed by atoms with van der Waals surface area (Å²) in [7, 11) is 0. The highest BCUT2D eigenvalue weighted by Crippen LogP contribution is 2.61. The van der Waals surface area contributed by atoms with Crippen molar-refractivity contribution in [2.45, 2.75) is 52.0 Å². The van der Waals surface area contributed by atoms with E-state index >= 15 is 0 Å². The Labute approximate surface area is 213 Å². The molecule has 10 heteroatoms. The maximum Gasteiger partial charge on any atom is 0.239 e. The van der Waals surface area contributed by atoms with Crippen LogP contribution in [-0.2, 0) is 16.8 Å². The number of hydrogen-bond donors (Lipinski definition) is 1. The van der Waals surface area contributed by atoms with Gasteiger partial charge in [0.1, 0.15) is 18.2 Å². The lowest BCUT2D eigenvalue weighted by Crippen LogP contribution is -2.40. The number of hydrogen-bond acceptors (Lipinski definition) is 6. The van der Waals surface area contributed by atoms with Gasteiger partial charge in [0, 0.05) is 12.4 Å². The van der Waals surface area contributed by atoms with E-state index in [1.807, 2.05) is 6.07 Å². The van der Waals surface area contributed by atoms with Gasteiger partial charge in [-0.1, -0.05) is 26.8 Å². The molecule has 0 fully saturated rings. The molecule has 1 aliphatic rings. The minimum absolute atomic E-state index is 0.0355. The van der Waals surface area contributed by atoms with Crippen molar-refractivity contribution < 1.29 is 13.6 Å². The van der Waals surface area contributed by atoms with Gasteiger partial charge in [-0.05, 0) is 54.5 Å². The van der Waals surface area contributed by atoms with Crippen LogP contribution in [0.2, 0.25) is 0 Å². The fourth-order valence-corrected chi connectivity index (χ4v) is 5.65. The Kier molecular flexibility index (Phi) is 5.85. The Balaban J connectivity index is 1.64. The first-order valence-corrected chi connectivity index (χ1v) is 12.0. The molecule has 37 heavy (non-hydrogen) atoms. The molecule has 0 spiro atoms. The SMILES string of the molecule is CC[C@H]1c2cc(-c3c(F)cccc3F)nnc2[C@](C)(c2ccnc(-c3cnn(CC(N)=O)c3)n2)C1(C)C. The summed E-state index contributed by atoms with van der Waals surface area (Å²) in [4.78, 5) is 20.6. The molecule has 3 heterocycles. The van der Waals surface area contributed by atoms with Gasteiger partial charge in [-0.15, -0.1) is 5.10 Å². The van der Waals surface area contributed by atoms with E-state index in [1.54, 1.807) is 24.7 Å². The Morgan fingerprint density at radius 2 is 1.86 bits per heavy atom. The molecule has 1 aliphatic carbocycles. The molecule has 0 saturated carbocycles. The summed E-state index contributed by atoms with van der Waals surface area (Å²) in [5.41, 5.74) is 7.22. The molecule has 0 aliphatic heterocycles. The van der Waals surface area contributed by atoms with Crippen LogP contribution in [0, 0.1) is 17.0 Å². The number of carbonyl (C=O) groups excluding carboxylic acids is 1. The normalized spacial score (nSPS) is 20.1. The number of aromatic nitrogens is 6. The second-order valence-electron chi connectivity index (χ2n) is 10.1. The van der Waals surface area contributed by atoms with E-state index in [0.717, 1.165) is 23.4 Å². The summed E-state index contributed by atoms with van der Waals surface area (Å²) in [6.45, 7) is 8.42. The van der Waals surface area contributed by atoms with E-state index in [-0.39, 0.29) is 29.1 Å². The zero-order chi connectivity index (χ0) is 26.5. The average molecular weight is 504 g/mol. The van der Waals surface area contributed by atoms with Crippen LogP contribution >= 0.6 is 0 Å². The Morgan fingerprint density at radius 3 is 2.54 bits per heavy atom. The van der Waals surface area contributed by atoms with Crippen LogP contribution in [0.5, 0.6) is 0 Å². The third-order valence-electron chi connectivity index (χ3n) is 7.84. The lowest BCUT2D eigenvalue weighted by Gasteiger charge is -2.41. The van der Waals surface area contributed by atoms with Crippen molar-refractivity contribution in [2.24, 2.45) is 11.1 Å². The van der Waals surface area contributed by atoms with Crippen molar-refractivity contribution in [1.82, 2.24) is 29.9 Å². The summed E-state index contributed by atoms with van der Waals surface area (Å²) in [5.74, 6) is -1.38. The second-order valence-corrected chi connectivity index (χ2v) is 10.1. The molecule has 8 nitrogen and oxygen atoms in total. The predicted molar refractivity (Wildman–Crippen MR) is 133 cm³/mol. The predicted octanol–water partition coefficient (Wildman–Crippen LogP) is 4.40. The number of nitrogens with two attached hydrogens (primary N) is 1. The van der Waals surface area contributed by atoms with Crippen LogP contribution in [0.15, 0.2) is 48.9 Å². The molecule has 3 aromatic heterocycles. The van der Waals surface area contributed by atoms with E-state index < -0.39 is 23.0 Å². The quantitative estimate of drug-likeness (QED) is 0.417. The first-order chi connectivity index (χ1) is 17.6. The first-order valence-electron chi connectivity index (χ1n) is 12.0. The third-order valence-corrected chi connectivity index (χ3v) is 7.84. The Hall–Kier alpha value is -4.08. The van der Waals surface area contributed by atoms with Crippen molar-refractivity contribution in [3.63, 3.8) is 0 Å². The van der Waals surface area contributed by atoms with E-state index in [1.165, 1.54) is 22.9 Å². The summed E-state index contributed by atoms with van der Waals surface area (Å²) >= 11 is 0. The molecule has 4 aromatic rings. The van der Waals surface area contributed by atoms with Crippen molar-refractivity contribution in [3.05, 3.63) is 77.5 Å². The fraction of sp³-hybridized carbons (Fsp3) is 0.333. The number of nitrogens with zero attached hydrogens (tertiary/aromatic N) is 6. The van der Waals surface area contributed by atoms with Gasteiger partial charge in [-0.3, -0.25) is 9.48 Å². The molecule has 2 N–H and O–H groups in total. The van der Waals surface area contributed by atoms with Gasteiger partial charge in [0.2, 0.25) is 5.91 Å². The molecule has 0 radical (unpaired) electrons. The van der Waals surface area contributed by atoms with Gasteiger partial charge in [-0.2, -0.15) is 10.2 Å². The van der Waals surface area contributed by atoms with Gasteiger partial charge < -0.3 is 5.73 Å². The number of fused-ring (bicyclic) bond motifs is 1. The number of primary amides is 1. The molecule has 1 amide bonds. The molecule has 5 rings (SSSR count). The van der Waals surface area contributed by atoms with Crippen LogP contribution < -0.4 is 5.73 Å². The minimum atomic E-state index is -0.681. The molecule has 190 valence electrons. The van der Waals surface area contributed by atoms with Crippen molar-refractivity contribution in [2.75, 3.05) is 0 Å². The number of amides is 1. The highest BCUT2D eigenvalue weighted by molar-refractivity contribution is 5.73. The second kappa shape index (κ2) is 8.79. The van der Waals surface area contributed by atoms with Crippen LogP contribution in [0.4, 0.5) is 8.78 Å². The summed E-state index contributed by atoms with van der Waals surface area (Å²) in [5, 5.41) is 13.0. The number of carbonyl (C=O) groups is 1. The number of benzene rings is 1. The topological polar surface area (TPSA) is 112 Å². The summed E-state index contributed by atoms with van der Waals surface area (Å²) in [6, 6.07) is 7.38. The van der Waals surface area contributed by atoms with E-state index in [0.29, 0.717) is 11.4 Å². The van der Waals surface area contributed by atoms with E-state index in [4.69, 9.17) is 10.7 Å². The lowest BCUT2D eigenvalue weighted by molar-refractivity contribution is -0.118. The van der Waals surface area contributed by atoms with E-state index in [2.05, 4.69) is 48.0 Å². The van der Waals surface area contributed by atoms with Crippen LogP contribution in [-0.4, -0.2) is 35.9 Å². The Morgan fingerprint density at radius 1 is 1.14 bits per heavy atom. The zero-order valence-corrected chi connectivity index (χ0v) is 21.0. The van der Waals surface area contributed by atoms with Gasteiger partial charge in [0.15, 0.2) is 5.82 Å². The summed E-state index contributed by atoms with van der Waals surface area (Å²) < 4.78 is 30.5. The minimum Gasteiger partial charge on any atom is -0.368 e. The highest BCUT2D eigenvalue weighted by atomic mass is 19.1. The molecule has 0 saturated heterocycles. The monoisotopic (exact) mass is 503 g/mol. The largest absolute Gasteiger partial charge is 0.368 e. The van der Waals surface area contributed by atoms with Gasteiger partial charge >= 0.3 is 0 Å². The van der Waals surface area contributed by atoms with Gasteiger partial charge in [0.25, 0.3) is 0 Å². The van der Waals surface area contributed by atoms with Crippen molar-refractivity contribution in [1.29, 1.82) is 0 Å². The van der Waals surface area contributed by atoms with Crippen LogP contribution in [0.1, 0.15) is 57.0 Å². The average Bonchev–Trinajstić information content (AvgIpc) is 3.37. The van der Waals surface area contributed by atoms with Crippen LogP contribution in [0.3, 0.4) is 0 Å². The van der Waals surface area contributed by atoms with Gasteiger partial charge in [-0.25, -0.2) is 18.7 Å². The highest BCUT2D eigenvalue weighted by Gasteiger charge is 2.57. The molecule has 2 atom stereocenters. The fourth-order valence-electron chi connectivity index (χ4n) is 5.65. The Bertz CT molecular complexity index is 1500. The molecular weight excluding hydrogens is 476 g/mol. The first kappa shape index (κ1) is 24.6. The molecular formula is C27H27F2N7O. The number of halogens is 2. The standard InChI is InChI=1S/C27H27F2N7O/c1-5-17-16-11-20(23-18(28)7-6-8-19(23)29)34-35-24(16)27(4,26(17,2)3)21-9-10-31-25(33-21)15-12-32-36(13-15)14-22(30)37/h6-13,17H,5,14H2,1-4H3,(H2,30,37)/t17-,27-/m0/s1. The van der Waals surface area contributed by atoms with Crippen molar-refractivity contribution >= 4 is 5.91 Å². The maximum absolute atomic E-state index is 14.6. The smallest absolute Gasteiger partial charge is 0.239 e. The van der Waals surface area contributed by atoms with Gasteiger partial charge in [0.05, 0.1) is 39.8 Å². The lowest BCUT2D eigenvalue weighted by atomic mass is 9.62. The zero-order valence-electron chi connectivity index (χ0n) is 21.0. The van der Waals surface area contributed by atoms with E-state index in [9.17, 15) is 13.6 Å². The molecule has 1 aromatic carbocycles. The maximum atomic E-state index is 14.6. The molecule has 0 bridgehead atoms. The number of rotatable bonds is 6. The molecule has 0 unspecified atom stereocenters.